The maximum atomic E-state index is 12.6. The Balaban J connectivity index is 1.64. The Morgan fingerprint density at radius 1 is 1.30 bits per heavy atom. The van der Waals surface area contributed by atoms with Crippen LogP contribution in [0.3, 0.4) is 0 Å². The number of benzene rings is 1. The molecule has 0 bridgehead atoms. The zero-order valence-corrected chi connectivity index (χ0v) is 19.4. The Morgan fingerprint density at radius 3 is 2.80 bits per heavy atom. The molecule has 0 saturated carbocycles. The second-order valence-corrected chi connectivity index (χ2v) is 9.65. The summed E-state index contributed by atoms with van der Waals surface area (Å²) >= 11 is 4.54. The van der Waals surface area contributed by atoms with Crippen LogP contribution in [0.5, 0.6) is 0 Å². The number of nitrogens with one attached hydrogen (secondary N) is 1. The van der Waals surface area contributed by atoms with Gasteiger partial charge in [0.1, 0.15) is 16.4 Å². The molecular weight excluding hydrogens is 432 g/mol. The Morgan fingerprint density at radius 2 is 2.07 bits per heavy atom. The maximum absolute atomic E-state index is 12.6. The van der Waals surface area contributed by atoms with Crippen molar-refractivity contribution in [2.75, 3.05) is 18.1 Å². The fraction of sp³-hybridized carbons (Fsp3) is 0.227. The van der Waals surface area contributed by atoms with E-state index in [0.29, 0.717) is 11.6 Å². The summed E-state index contributed by atoms with van der Waals surface area (Å²) in [6.45, 7) is 8.66. The van der Waals surface area contributed by atoms with Crippen molar-refractivity contribution in [1.82, 2.24) is 15.3 Å². The number of carbonyl (C=O) groups excluding carboxylic acids is 1. The summed E-state index contributed by atoms with van der Waals surface area (Å²) in [5.74, 6) is 1.08. The zero-order chi connectivity index (χ0) is 21.5. The predicted molar refractivity (Wildman–Crippen MR) is 130 cm³/mol. The van der Waals surface area contributed by atoms with Gasteiger partial charge < -0.3 is 11.1 Å². The van der Waals surface area contributed by atoms with E-state index in [1.807, 2.05) is 30.3 Å². The molecule has 156 valence electrons. The van der Waals surface area contributed by atoms with Crippen LogP contribution in [0.2, 0.25) is 0 Å². The molecule has 3 N–H and O–H groups in total. The molecule has 1 amide bonds. The van der Waals surface area contributed by atoms with Crippen LogP contribution in [0.1, 0.15) is 25.0 Å². The van der Waals surface area contributed by atoms with Gasteiger partial charge in [0.25, 0.3) is 0 Å². The van der Waals surface area contributed by atoms with Crippen LogP contribution in [0.15, 0.2) is 70.0 Å². The standard InChI is InChI=1S/C22H24N4OS3/c1-14-11-28-21-20(15(14)2)22(25-13-24-21)29-12-18(27)26-19(9-10-23)30-16(3)17-7-5-4-6-8-17/h4-9,13H,3,10-12,23H2,1-2H3,(H,26,27)/b19-9+. The molecule has 0 radical (unpaired) electrons. The molecule has 5 nitrogen and oxygen atoms in total. The molecule has 30 heavy (non-hydrogen) atoms. The Hall–Kier alpha value is -2.00. The number of hydrogen-bond donors (Lipinski definition) is 2. The van der Waals surface area contributed by atoms with E-state index >= 15 is 0 Å². The summed E-state index contributed by atoms with van der Waals surface area (Å²) in [6.07, 6.45) is 3.36. The van der Waals surface area contributed by atoms with E-state index in [4.69, 9.17) is 5.73 Å². The third kappa shape index (κ3) is 5.78. The molecule has 1 aliphatic heterocycles. The SMILES string of the molecule is C=C(S/C(=C/CN)NC(=O)CSc1ncnc2c1C(C)=C(C)CS2)c1ccccc1. The van der Waals surface area contributed by atoms with Crippen LogP contribution < -0.4 is 11.1 Å². The van der Waals surface area contributed by atoms with E-state index in [-0.39, 0.29) is 11.7 Å². The average molecular weight is 457 g/mol. The first-order chi connectivity index (χ1) is 14.5. The molecule has 8 heteroatoms. The second-order valence-electron chi connectivity index (χ2n) is 6.59. The highest BCUT2D eigenvalue weighted by atomic mass is 32.2. The van der Waals surface area contributed by atoms with Crippen molar-refractivity contribution in [3.8, 4) is 0 Å². The highest BCUT2D eigenvalue weighted by Crippen LogP contribution is 2.39. The minimum atomic E-state index is -0.109. The van der Waals surface area contributed by atoms with Crippen LogP contribution >= 0.6 is 35.3 Å². The number of allylic oxidation sites excluding steroid dienone is 1. The smallest absolute Gasteiger partial charge is 0.235 e. The monoisotopic (exact) mass is 456 g/mol. The molecule has 0 spiro atoms. The molecule has 1 aromatic heterocycles. The Kier molecular flexibility index (Phi) is 8.21. The molecule has 0 fully saturated rings. The van der Waals surface area contributed by atoms with Crippen molar-refractivity contribution < 1.29 is 4.79 Å². The van der Waals surface area contributed by atoms with Crippen molar-refractivity contribution in [3.05, 3.63) is 71.0 Å². The number of nitrogens with two attached hydrogens (primary N) is 1. The Labute approximate surface area is 190 Å². The van der Waals surface area contributed by atoms with E-state index in [0.717, 1.165) is 31.8 Å². The average Bonchev–Trinajstić information content (AvgIpc) is 2.75. The number of thioether (sulfide) groups is 3. The van der Waals surface area contributed by atoms with E-state index in [2.05, 4.69) is 35.7 Å². The largest absolute Gasteiger partial charge is 0.327 e. The van der Waals surface area contributed by atoms with E-state index in [1.54, 1.807) is 24.2 Å². The zero-order valence-electron chi connectivity index (χ0n) is 17.0. The third-order valence-electron chi connectivity index (χ3n) is 4.45. The topological polar surface area (TPSA) is 80.9 Å². The highest BCUT2D eigenvalue weighted by Gasteiger charge is 2.21. The first-order valence-electron chi connectivity index (χ1n) is 9.39. The number of carbonyl (C=O) groups is 1. The molecule has 0 atom stereocenters. The van der Waals surface area contributed by atoms with E-state index < -0.39 is 0 Å². The van der Waals surface area contributed by atoms with Gasteiger partial charge in [-0.05, 0) is 31.1 Å². The minimum absolute atomic E-state index is 0.109. The van der Waals surface area contributed by atoms with E-state index in [1.165, 1.54) is 34.7 Å². The summed E-state index contributed by atoms with van der Waals surface area (Å²) in [5, 5.41) is 5.45. The fourth-order valence-electron chi connectivity index (χ4n) is 2.74. The number of nitrogens with zero attached hydrogens (tertiary/aromatic N) is 2. The van der Waals surface area contributed by atoms with Gasteiger partial charge in [0.15, 0.2) is 0 Å². The van der Waals surface area contributed by atoms with Gasteiger partial charge in [0, 0.05) is 22.8 Å². The third-order valence-corrected chi connectivity index (χ3v) is 7.57. The van der Waals surface area contributed by atoms with Crippen LogP contribution in [0.4, 0.5) is 0 Å². The molecule has 2 heterocycles. The summed E-state index contributed by atoms with van der Waals surface area (Å²) in [5.41, 5.74) is 10.3. The molecule has 3 rings (SSSR count). The van der Waals surface area contributed by atoms with E-state index in [9.17, 15) is 4.79 Å². The van der Waals surface area contributed by atoms with Crippen molar-refractivity contribution in [2.45, 2.75) is 23.9 Å². The van der Waals surface area contributed by atoms with Crippen molar-refractivity contribution in [2.24, 2.45) is 5.73 Å². The van der Waals surface area contributed by atoms with Crippen LogP contribution in [0.25, 0.3) is 10.5 Å². The van der Waals surface area contributed by atoms with Gasteiger partial charge >= 0.3 is 0 Å². The summed E-state index contributed by atoms with van der Waals surface area (Å²) in [6, 6.07) is 9.85. The lowest BCUT2D eigenvalue weighted by atomic mass is 10.1. The Bertz CT molecular complexity index is 1000. The molecule has 0 unspecified atom stereocenters. The van der Waals surface area contributed by atoms with Gasteiger partial charge in [-0.1, -0.05) is 66.0 Å². The molecule has 0 saturated heterocycles. The van der Waals surface area contributed by atoms with Crippen molar-refractivity contribution in [3.63, 3.8) is 0 Å². The van der Waals surface area contributed by atoms with Gasteiger partial charge in [-0.2, -0.15) is 0 Å². The fourth-order valence-corrected chi connectivity index (χ4v) is 5.61. The van der Waals surface area contributed by atoms with Crippen molar-refractivity contribution >= 4 is 51.7 Å². The van der Waals surface area contributed by atoms with Crippen LogP contribution in [-0.2, 0) is 4.79 Å². The highest BCUT2D eigenvalue weighted by molar-refractivity contribution is 8.11. The lowest BCUT2D eigenvalue weighted by Crippen LogP contribution is -2.24. The lowest BCUT2D eigenvalue weighted by Gasteiger charge is -2.19. The number of amides is 1. The second kappa shape index (κ2) is 10.9. The van der Waals surface area contributed by atoms with Gasteiger partial charge in [-0.15, -0.1) is 11.8 Å². The van der Waals surface area contributed by atoms with Gasteiger partial charge in [-0.3, -0.25) is 4.79 Å². The van der Waals surface area contributed by atoms with Gasteiger partial charge in [0.05, 0.1) is 10.8 Å². The molecule has 1 aliphatic rings. The molecular formula is C22H24N4OS3. The lowest BCUT2D eigenvalue weighted by molar-refractivity contribution is -0.117. The predicted octanol–water partition coefficient (Wildman–Crippen LogP) is 4.79. The normalized spacial score (nSPS) is 13.8. The number of rotatable bonds is 8. The number of fused-ring (bicyclic) bond motifs is 1. The van der Waals surface area contributed by atoms with Gasteiger partial charge in [-0.25, -0.2) is 9.97 Å². The summed E-state index contributed by atoms with van der Waals surface area (Å²) < 4.78 is 0. The number of aromatic nitrogens is 2. The first-order valence-corrected chi connectivity index (χ1v) is 12.2. The van der Waals surface area contributed by atoms with Crippen LogP contribution in [-0.4, -0.2) is 33.9 Å². The molecule has 1 aromatic carbocycles. The summed E-state index contributed by atoms with van der Waals surface area (Å²) in [4.78, 5) is 22.3. The number of hydrogen-bond acceptors (Lipinski definition) is 7. The first kappa shape index (κ1) is 22.7. The summed E-state index contributed by atoms with van der Waals surface area (Å²) in [7, 11) is 0. The molecule has 0 aliphatic carbocycles. The minimum Gasteiger partial charge on any atom is -0.327 e. The van der Waals surface area contributed by atoms with Crippen molar-refractivity contribution in [1.29, 1.82) is 0 Å². The molecule has 2 aromatic rings. The van der Waals surface area contributed by atoms with Gasteiger partial charge in [0.2, 0.25) is 5.91 Å². The quantitative estimate of drug-likeness (QED) is 0.437. The van der Waals surface area contributed by atoms with Crippen LogP contribution in [0, 0.1) is 0 Å². The maximum Gasteiger partial charge on any atom is 0.235 e.